The number of carbonyl (C=O) groups excluding carboxylic acids is 1. The Hall–Kier alpha value is -2.62. The lowest BCUT2D eigenvalue weighted by molar-refractivity contribution is -0.118. The maximum atomic E-state index is 12.3. The number of hydrogen-bond donors (Lipinski definition) is 3. The van der Waals surface area contributed by atoms with Gasteiger partial charge >= 0.3 is 5.69 Å². The quantitative estimate of drug-likeness (QED) is 0.550. The summed E-state index contributed by atoms with van der Waals surface area (Å²) >= 11 is 0. The summed E-state index contributed by atoms with van der Waals surface area (Å²) in [5.41, 5.74) is 4.10. The summed E-state index contributed by atoms with van der Waals surface area (Å²) in [5.74, 6) is -0.447. The van der Waals surface area contributed by atoms with Crippen LogP contribution in [0, 0.1) is 0 Å². The summed E-state index contributed by atoms with van der Waals surface area (Å²) in [6.07, 6.45) is 0. The molecule has 0 spiro atoms. The van der Waals surface area contributed by atoms with Crippen molar-refractivity contribution in [2.24, 2.45) is 19.8 Å². The molecular weight excluding hydrogens is 280 g/mol. The summed E-state index contributed by atoms with van der Waals surface area (Å²) in [6, 6.07) is 0. The van der Waals surface area contributed by atoms with E-state index < -0.39 is 23.7 Å². The van der Waals surface area contributed by atoms with E-state index in [1.807, 2.05) is 0 Å². The van der Waals surface area contributed by atoms with Gasteiger partial charge in [0.15, 0.2) is 11.2 Å². The zero-order valence-electron chi connectivity index (χ0n) is 11.7. The Balaban J connectivity index is 2.76. The number of fused-ring (bicyclic) bond motifs is 1. The van der Waals surface area contributed by atoms with E-state index in [4.69, 9.17) is 10.8 Å². The Morgan fingerprint density at radius 1 is 1.33 bits per heavy atom. The molecule has 0 fully saturated rings. The molecule has 0 aliphatic carbocycles. The first-order valence-corrected chi connectivity index (χ1v) is 6.17. The largest absolute Gasteiger partial charge is 0.395 e. The molecule has 0 atom stereocenters. The van der Waals surface area contributed by atoms with Crippen LogP contribution in [0.25, 0.3) is 11.2 Å². The van der Waals surface area contributed by atoms with Crippen LogP contribution in [0.3, 0.4) is 0 Å². The van der Waals surface area contributed by atoms with Crippen LogP contribution in [0.1, 0.15) is 0 Å². The van der Waals surface area contributed by atoms with Crippen LogP contribution in [-0.2, 0) is 25.4 Å². The van der Waals surface area contributed by atoms with Crippen LogP contribution in [0.15, 0.2) is 9.59 Å². The van der Waals surface area contributed by atoms with Gasteiger partial charge in [-0.1, -0.05) is 0 Å². The lowest BCUT2D eigenvalue weighted by atomic mass is 10.4. The zero-order chi connectivity index (χ0) is 15.7. The lowest BCUT2D eigenvalue weighted by Crippen LogP contribution is -2.42. The first-order valence-electron chi connectivity index (χ1n) is 6.17. The molecule has 21 heavy (non-hydrogen) atoms. The summed E-state index contributed by atoms with van der Waals surface area (Å²) in [6.45, 7) is -0.347. The van der Waals surface area contributed by atoms with Crippen molar-refractivity contribution in [3.63, 3.8) is 0 Å². The third kappa shape index (κ3) is 2.40. The van der Waals surface area contributed by atoms with E-state index in [0.717, 1.165) is 4.57 Å². The molecule has 2 rings (SSSR count). The highest BCUT2D eigenvalue weighted by Gasteiger charge is 2.18. The van der Waals surface area contributed by atoms with Crippen LogP contribution >= 0.6 is 0 Å². The number of imidazole rings is 1. The van der Waals surface area contributed by atoms with Crippen LogP contribution < -0.4 is 22.3 Å². The van der Waals surface area contributed by atoms with E-state index in [9.17, 15) is 14.4 Å². The van der Waals surface area contributed by atoms with Gasteiger partial charge in [-0.2, -0.15) is 4.98 Å². The minimum Gasteiger partial charge on any atom is -0.395 e. The Morgan fingerprint density at radius 2 is 2.00 bits per heavy atom. The molecule has 2 aromatic heterocycles. The number of nitrogens with zero attached hydrogens (tertiary/aromatic N) is 4. The average Bonchev–Trinajstić information content (AvgIpc) is 2.76. The van der Waals surface area contributed by atoms with E-state index >= 15 is 0 Å². The second-order valence-corrected chi connectivity index (χ2v) is 4.52. The molecule has 10 heteroatoms. The highest BCUT2D eigenvalue weighted by Crippen LogP contribution is 2.12. The van der Waals surface area contributed by atoms with Crippen molar-refractivity contribution >= 4 is 23.0 Å². The maximum Gasteiger partial charge on any atom is 0.332 e. The Morgan fingerprint density at radius 3 is 2.57 bits per heavy atom. The van der Waals surface area contributed by atoms with Gasteiger partial charge in [-0.15, -0.1) is 0 Å². The average molecular weight is 296 g/mol. The molecule has 4 N–H and O–H groups in total. The fraction of sp³-hybridized carbons (Fsp3) is 0.455. The van der Waals surface area contributed by atoms with E-state index in [2.05, 4.69) is 10.3 Å². The van der Waals surface area contributed by atoms with Crippen molar-refractivity contribution in [1.29, 1.82) is 0 Å². The van der Waals surface area contributed by atoms with Crippen molar-refractivity contribution in [3.8, 4) is 0 Å². The molecule has 2 heterocycles. The van der Waals surface area contributed by atoms with Crippen molar-refractivity contribution in [2.75, 3.05) is 18.5 Å². The number of aliphatic hydroxyl groups is 1. The van der Waals surface area contributed by atoms with Crippen LogP contribution in [0.5, 0.6) is 0 Å². The minimum atomic E-state index is -0.783. The number of nitrogens with two attached hydrogens (primary N) is 1. The second-order valence-electron chi connectivity index (χ2n) is 4.52. The van der Waals surface area contributed by atoms with E-state index in [-0.39, 0.29) is 24.3 Å². The van der Waals surface area contributed by atoms with Gasteiger partial charge in [0, 0.05) is 20.6 Å². The number of hydrogen-bond acceptors (Lipinski definition) is 6. The van der Waals surface area contributed by atoms with Gasteiger partial charge in [-0.05, 0) is 0 Å². The van der Waals surface area contributed by atoms with Crippen molar-refractivity contribution in [3.05, 3.63) is 20.8 Å². The molecule has 1 amide bonds. The third-order valence-corrected chi connectivity index (χ3v) is 3.07. The SMILES string of the molecule is Cn1c(NCCO)nc2c1c(=O)n(CC(N)=O)c(=O)n2C. The minimum absolute atomic E-state index is 0.103. The second kappa shape index (κ2) is 5.40. The van der Waals surface area contributed by atoms with Crippen molar-refractivity contribution in [1.82, 2.24) is 18.7 Å². The number of aliphatic hydroxyl groups excluding tert-OH is 1. The van der Waals surface area contributed by atoms with Crippen molar-refractivity contribution < 1.29 is 9.90 Å². The molecule has 0 unspecified atom stereocenters. The standard InChI is InChI=1S/C11H16N6O4/c1-15-7-8(14-10(15)13-3-4-18)16(2)11(21)17(9(7)20)5-6(12)19/h18H,3-5H2,1-2H3,(H2,12,19)(H,13,14). The van der Waals surface area contributed by atoms with Crippen molar-refractivity contribution in [2.45, 2.75) is 6.54 Å². The zero-order valence-corrected chi connectivity index (χ0v) is 11.7. The van der Waals surface area contributed by atoms with Crippen LogP contribution in [-0.4, -0.2) is 42.9 Å². The fourth-order valence-electron chi connectivity index (χ4n) is 2.06. The van der Waals surface area contributed by atoms with Gasteiger partial charge < -0.3 is 20.7 Å². The van der Waals surface area contributed by atoms with Gasteiger partial charge in [-0.3, -0.25) is 14.2 Å². The van der Waals surface area contributed by atoms with Gasteiger partial charge in [0.25, 0.3) is 5.56 Å². The Labute approximate surface area is 118 Å². The molecule has 10 nitrogen and oxygen atoms in total. The molecule has 0 radical (unpaired) electrons. The highest BCUT2D eigenvalue weighted by atomic mass is 16.3. The molecule has 0 aromatic carbocycles. The third-order valence-electron chi connectivity index (χ3n) is 3.07. The number of carbonyl (C=O) groups is 1. The number of primary amides is 1. The molecule has 0 saturated heterocycles. The number of anilines is 1. The molecule has 0 bridgehead atoms. The number of aryl methyl sites for hydroxylation is 2. The maximum absolute atomic E-state index is 12.3. The van der Waals surface area contributed by atoms with E-state index in [1.54, 1.807) is 7.05 Å². The fourth-order valence-corrected chi connectivity index (χ4v) is 2.06. The van der Waals surface area contributed by atoms with Gasteiger partial charge in [0.1, 0.15) is 6.54 Å². The summed E-state index contributed by atoms with van der Waals surface area (Å²) in [4.78, 5) is 39.6. The highest BCUT2D eigenvalue weighted by molar-refractivity contribution is 5.76. The number of aromatic nitrogens is 4. The molecule has 114 valence electrons. The molecule has 2 aromatic rings. The van der Waals surface area contributed by atoms with Gasteiger partial charge in [0.05, 0.1) is 6.61 Å². The predicted octanol–water partition coefficient (Wildman–Crippen LogP) is -2.68. The summed E-state index contributed by atoms with van der Waals surface area (Å²) < 4.78 is 3.40. The Bertz CT molecular complexity index is 815. The van der Waals surface area contributed by atoms with Crippen LogP contribution in [0.2, 0.25) is 0 Å². The smallest absolute Gasteiger partial charge is 0.332 e. The summed E-state index contributed by atoms with van der Waals surface area (Å²) in [7, 11) is 3.04. The number of rotatable bonds is 5. The number of nitrogens with one attached hydrogen (secondary N) is 1. The van der Waals surface area contributed by atoms with Crippen LogP contribution in [0.4, 0.5) is 5.95 Å². The summed E-state index contributed by atoms with van der Waals surface area (Å²) in [5, 5.41) is 11.7. The van der Waals surface area contributed by atoms with E-state index in [1.165, 1.54) is 16.2 Å². The molecule has 0 aliphatic rings. The molecule has 0 saturated carbocycles. The topological polar surface area (TPSA) is 137 Å². The first kappa shape index (κ1) is 14.8. The number of amides is 1. The van der Waals surface area contributed by atoms with E-state index in [0.29, 0.717) is 5.95 Å². The Kier molecular flexibility index (Phi) is 3.80. The predicted molar refractivity (Wildman–Crippen MR) is 75.0 cm³/mol. The lowest BCUT2D eigenvalue weighted by Gasteiger charge is -2.06. The molecular formula is C11H16N6O4. The normalized spacial score (nSPS) is 11.0. The van der Waals surface area contributed by atoms with Gasteiger partial charge in [-0.25, -0.2) is 9.36 Å². The van der Waals surface area contributed by atoms with Gasteiger partial charge in [0.2, 0.25) is 11.9 Å². The first-order chi connectivity index (χ1) is 9.88. The monoisotopic (exact) mass is 296 g/mol. The molecule has 0 aliphatic heterocycles.